The van der Waals surface area contributed by atoms with Gasteiger partial charge in [-0.3, -0.25) is 19.4 Å². The molecule has 3 aromatic rings. The number of rotatable bonds is 7. The minimum Gasteiger partial charge on any atom is -0.488 e. The fourth-order valence-electron chi connectivity index (χ4n) is 3.22. The maximum atomic E-state index is 12.8. The van der Waals surface area contributed by atoms with E-state index >= 15 is 0 Å². The Balaban J connectivity index is 1.64. The van der Waals surface area contributed by atoms with Gasteiger partial charge in [-0.15, -0.1) is 0 Å². The van der Waals surface area contributed by atoms with Gasteiger partial charge < -0.3 is 15.2 Å². The highest BCUT2D eigenvalue weighted by Gasteiger charge is 2.31. The van der Waals surface area contributed by atoms with E-state index in [2.05, 4.69) is 10.1 Å². The number of carbonyl (C=O) groups excluding carboxylic acids is 1. The number of anilines is 1. The zero-order chi connectivity index (χ0) is 20.4. The van der Waals surface area contributed by atoms with Gasteiger partial charge in [-0.25, -0.2) is 4.98 Å². The number of fused-ring (bicyclic) bond motifs is 1. The van der Waals surface area contributed by atoms with Crippen molar-refractivity contribution >= 4 is 11.6 Å². The Hall–Kier alpha value is -3.46. The van der Waals surface area contributed by atoms with Crippen LogP contribution >= 0.6 is 0 Å². The number of ether oxygens (including phenoxy) is 2. The molecule has 1 amide bonds. The quantitative estimate of drug-likeness (QED) is 0.654. The second-order valence-corrected chi connectivity index (χ2v) is 6.40. The van der Waals surface area contributed by atoms with Crippen molar-refractivity contribution in [3.8, 4) is 22.9 Å². The molecule has 0 saturated carbocycles. The first-order chi connectivity index (χ1) is 14.1. The summed E-state index contributed by atoms with van der Waals surface area (Å²) in [6, 6.07) is 5.47. The summed E-state index contributed by atoms with van der Waals surface area (Å²) in [6.45, 7) is 5.44. The van der Waals surface area contributed by atoms with Gasteiger partial charge in [0.1, 0.15) is 0 Å². The van der Waals surface area contributed by atoms with E-state index in [1.165, 1.54) is 0 Å². The molecule has 0 atom stereocenters. The topological polar surface area (TPSA) is 108 Å². The van der Waals surface area contributed by atoms with Crippen molar-refractivity contribution in [1.29, 1.82) is 0 Å². The normalized spacial score (nSPS) is 12.9. The molecule has 1 aliphatic heterocycles. The molecule has 0 bridgehead atoms. The molecule has 0 aromatic carbocycles. The summed E-state index contributed by atoms with van der Waals surface area (Å²) in [4.78, 5) is 23.5. The first-order valence-corrected chi connectivity index (χ1v) is 9.44. The Morgan fingerprint density at radius 3 is 2.72 bits per heavy atom. The molecule has 0 aliphatic carbocycles. The van der Waals surface area contributed by atoms with Gasteiger partial charge in [0.05, 0.1) is 61.5 Å². The fraction of sp³-hybridized carbons (Fsp3) is 0.300. The summed E-state index contributed by atoms with van der Waals surface area (Å²) in [6.07, 6.45) is 5.07. The van der Waals surface area contributed by atoms with Crippen LogP contribution in [0.3, 0.4) is 0 Å². The van der Waals surface area contributed by atoms with Crippen molar-refractivity contribution < 1.29 is 14.3 Å². The minimum atomic E-state index is -0.101. The lowest BCUT2D eigenvalue weighted by molar-refractivity contribution is 0.0996. The number of carbonyl (C=O) groups is 1. The summed E-state index contributed by atoms with van der Waals surface area (Å²) >= 11 is 0. The number of nitrogens with zero attached hydrogens (tertiary/aromatic N) is 5. The molecule has 9 heteroatoms. The Morgan fingerprint density at radius 2 is 2.00 bits per heavy atom. The van der Waals surface area contributed by atoms with E-state index in [0.717, 1.165) is 5.56 Å². The molecule has 150 valence electrons. The monoisotopic (exact) mass is 394 g/mol. The average molecular weight is 394 g/mol. The van der Waals surface area contributed by atoms with E-state index < -0.39 is 0 Å². The average Bonchev–Trinajstić information content (AvgIpc) is 3.34. The molecule has 0 spiro atoms. The van der Waals surface area contributed by atoms with Gasteiger partial charge in [0.15, 0.2) is 5.75 Å². The fourth-order valence-corrected chi connectivity index (χ4v) is 3.22. The summed E-state index contributed by atoms with van der Waals surface area (Å²) in [7, 11) is 0. The largest absolute Gasteiger partial charge is 0.488 e. The molecular formula is C20H22N6O3. The van der Waals surface area contributed by atoms with Crippen LogP contribution in [0.15, 0.2) is 36.8 Å². The van der Waals surface area contributed by atoms with E-state index in [1.54, 1.807) is 34.2 Å². The molecule has 0 radical (unpaired) electrons. The van der Waals surface area contributed by atoms with Crippen molar-refractivity contribution in [2.24, 2.45) is 5.73 Å². The van der Waals surface area contributed by atoms with Crippen LogP contribution < -0.4 is 20.1 Å². The molecule has 4 rings (SSSR count). The van der Waals surface area contributed by atoms with Crippen LogP contribution in [-0.2, 0) is 13.2 Å². The molecule has 0 unspecified atom stereocenters. The highest BCUT2D eigenvalue weighted by atomic mass is 16.5. The molecule has 9 nitrogen and oxygen atoms in total. The predicted molar refractivity (Wildman–Crippen MR) is 107 cm³/mol. The minimum absolute atomic E-state index is 0.101. The first kappa shape index (κ1) is 18.9. The Bertz CT molecular complexity index is 1050. The van der Waals surface area contributed by atoms with Crippen LogP contribution in [0.5, 0.6) is 11.6 Å². The molecule has 0 fully saturated rings. The number of nitrogens with two attached hydrogens (primary N) is 1. The van der Waals surface area contributed by atoms with Gasteiger partial charge in [0.25, 0.3) is 11.8 Å². The number of amides is 1. The second kappa shape index (κ2) is 7.88. The van der Waals surface area contributed by atoms with Gasteiger partial charge in [0.2, 0.25) is 0 Å². The highest BCUT2D eigenvalue weighted by Crippen LogP contribution is 2.32. The van der Waals surface area contributed by atoms with Gasteiger partial charge in [-0.1, -0.05) is 0 Å². The Morgan fingerprint density at radius 1 is 1.17 bits per heavy atom. The zero-order valence-electron chi connectivity index (χ0n) is 16.3. The van der Waals surface area contributed by atoms with Crippen LogP contribution in [-0.4, -0.2) is 38.9 Å². The van der Waals surface area contributed by atoms with Crippen molar-refractivity contribution in [3.63, 3.8) is 0 Å². The molecule has 29 heavy (non-hydrogen) atoms. The standard InChI is InChI=1S/C20H22N6O3/c1-3-28-18-7-13(8-22-19(18)29-4-2)16-6-5-15-17(24-16)11-26(20(15)27)14-9-23-25(10-14)12-21/h5-10H,3-4,11-12,21H2,1-2H3. The number of pyridine rings is 2. The lowest BCUT2D eigenvalue weighted by atomic mass is 10.1. The van der Waals surface area contributed by atoms with Gasteiger partial charge in [-0.2, -0.15) is 5.10 Å². The van der Waals surface area contributed by atoms with Gasteiger partial charge in [0, 0.05) is 11.8 Å². The highest BCUT2D eigenvalue weighted by molar-refractivity contribution is 6.09. The van der Waals surface area contributed by atoms with Crippen molar-refractivity contribution in [1.82, 2.24) is 19.7 Å². The number of hydrogen-bond acceptors (Lipinski definition) is 7. The third-order valence-electron chi connectivity index (χ3n) is 4.57. The SMILES string of the molecule is CCOc1cc(-c2ccc3c(n2)CN(c2cnn(CN)c2)C3=O)cnc1OCC. The maximum absolute atomic E-state index is 12.8. The van der Waals surface area contributed by atoms with Crippen LogP contribution in [0.1, 0.15) is 29.9 Å². The van der Waals surface area contributed by atoms with Crippen molar-refractivity contribution in [3.05, 3.63) is 48.0 Å². The number of aromatic nitrogens is 4. The maximum Gasteiger partial charge on any atom is 0.260 e. The summed E-state index contributed by atoms with van der Waals surface area (Å²) in [5.74, 6) is 0.925. The first-order valence-electron chi connectivity index (χ1n) is 9.44. The van der Waals surface area contributed by atoms with Crippen LogP contribution in [0.25, 0.3) is 11.3 Å². The van der Waals surface area contributed by atoms with E-state index in [-0.39, 0.29) is 12.6 Å². The molecule has 3 aromatic heterocycles. The third-order valence-corrected chi connectivity index (χ3v) is 4.57. The predicted octanol–water partition coefficient (Wildman–Crippen LogP) is 2.21. The second-order valence-electron chi connectivity index (χ2n) is 6.40. The third kappa shape index (κ3) is 3.52. The van der Waals surface area contributed by atoms with Crippen LogP contribution in [0.4, 0.5) is 5.69 Å². The van der Waals surface area contributed by atoms with E-state index in [0.29, 0.717) is 54.0 Å². The number of hydrogen-bond donors (Lipinski definition) is 1. The van der Waals surface area contributed by atoms with E-state index in [1.807, 2.05) is 26.0 Å². The Labute approximate surface area is 168 Å². The smallest absolute Gasteiger partial charge is 0.260 e. The lowest BCUT2D eigenvalue weighted by Gasteiger charge is -2.12. The summed E-state index contributed by atoms with van der Waals surface area (Å²) < 4.78 is 12.7. The molecule has 1 aliphatic rings. The van der Waals surface area contributed by atoms with Crippen LogP contribution in [0.2, 0.25) is 0 Å². The van der Waals surface area contributed by atoms with Crippen molar-refractivity contribution in [2.45, 2.75) is 27.1 Å². The lowest BCUT2D eigenvalue weighted by Crippen LogP contribution is -2.22. The Kier molecular flexibility index (Phi) is 5.13. The van der Waals surface area contributed by atoms with Gasteiger partial charge in [-0.05, 0) is 32.0 Å². The zero-order valence-corrected chi connectivity index (χ0v) is 16.3. The molecule has 4 heterocycles. The molecule has 2 N–H and O–H groups in total. The van der Waals surface area contributed by atoms with E-state index in [4.69, 9.17) is 20.2 Å². The van der Waals surface area contributed by atoms with E-state index in [9.17, 15) is 4.79 Å². The summed E-state index contributed by atoms with van der Waals surface area (Å²) in [5, 5.41) is 4.14. The van der Waals surface area contributed by atoms with Crippen molar-refractivity contribution in [2.75, 3.05) is 18.1 Å². The summed E-state index contributed by atoms with van der Waals surface area (Å²) in [5.41, 5.74) is 9.08. The molecular weight excluding hydrogens is 372 g/mol. The van der Waals surface area contributed by atoms with Crippen LogP contribution in [0, 0.1) is 0 Å². The van der Waals surface area contributed by atoms with Gasteiger partial charge >= 0.3 is 0 Å². The molecule has 0 saturated heterocycles.